The van der Waals surface area contributed by atoms with E-state index < -0.39 is 0 Å². The van der Waals surface area contributed by atoms with Crippen LogP contribution in [0.3, 0.4) is 0 Å². The van der Waals surface area contributed by atoms with Crippen LogP contribution in [0.4, 0.5) is 5.82 Å². The second-order valence-electron chi connectivity index (χ2n) is 5.44. The van der Waals surface area contributed by atoms with Crippen LogP contribution in [0.1, 0.15) is 40.5 Å². The van der Waals surface area contributed by atoms with Crippen LogP contribution in [0.25, 0.3) is 0 Å². The average Bonchev–Trinajstić information content (AvgIpc) is 2.40. The van der Waals surface area contributed by atoms with Gasteiger partial charge in [0.15, 0.2) is 5.82 Å². The predicted molar refractivity (Wildman–Crippen MR) is 79.3 cm³/mol. The highest BCUT2D eigenvalue weighted by atomic mass is 16.1. The van der Waals surface area contributed by atoms with Crippen LogP contribution in [0.2, 0.25) is 0 Å². The largest absolute Gasteiger partial charge is 0.359 e. The van der Waals surface area contributed by atoms with Gasteiger partial charge < -0.3 is 15.6 Å². The summed E-state index contributed by atoms with van der Waals surface area (Å²) in [4.78, 5) is 16.5. The van der Waals surface area contributed by atoms with E-state index in [2.05, 4.69) is 38.0 Å². The van der Waals surface area contributed by atoms with Crippen molar-refractivity contribution in [2.24, 2.45) is 11.7 Å². The highest BCUT2D eigenvalue weighted by Crippen LogP contribution is 2.17. The number of nitrogens with one attached hydrogen (secondary N) is 1. The van der Waals surface area contributed by atoms with Crippen molar-refractivity contribution in [3.05, 3.63) is 22.7 Å². The van der Waals surface area contributed by atoms with Crippen LogP contribution in [0.5, 0.6) is 0 Å². The summed E-state index contributed by atoms with van der Waals surface area (Å²) in [5.41, 5.74) is 5.53. The van der Waals surface area contributed by atoms with E-state index in [0.29, 0.717) is 24.8 Å². The summed E-state index contributed by atoms with van der Waals surface area (Å²) in [6.45, 7) is 9.49. The van der Waals surface area contributed by atoms with E-state index in [1.165, 1.54) is 0 Å². The maximum atomic E-state index is 12.3. The molecule has 0 saturated carbocycles. The van der Waals surface area contributed by atoms with Gasteiger partial charge in [0, 0.05) is 25.5 Å². The molecule has 1 aromatic heterocycles. The molecule has 0 fully saturated rings. The highest BCUT2D eigenvalue weighted by Gasteiger charge is 2.25. The molecule has 5 heteroatoms. The minimum Gasteiger partial charge on any atom is -0.359 e. The van der Waals surface area contributed by atoms with Crippen molar-refractivity contribution in [2.75, 3.05) is 11.9 Å². The van der Waals surface area contributed by atoms with Crippen LogP contribution in [0.15, 0.2) is 17.2 Å². The second-order valence-corrected chi connectivity index (χ2v) is 5.44. The molecule has 0 saturated heterocycles. The van der Waals surface area contributed by atoms with Crippen LogP contribution >= 0.6 is 0 Å². The summed E-state index contributed by atoms with van der Waals surface area (Å²) in [6.07, 6.45) is 5.12. The molecule has 1 heterocycles. The normalized spacial score (nSPS) is 11.9. The molecule has 0 amide bonds. The monoisotopic (exact) mass is 266 g/mol. The van der Waals surface area contributed by atoms with E-state index in [0.717, 1.165) is 12.8 Å². The van der Waals surface area contributed by atoms with Crippen molar-refractivity contribution < 1.29 is 0 Å². The molecule has 0 aliphatic carbocycles. The summed E-state index contributed by atoms with van der Waals surface area (Å²) in [5.74, 6) is 0.821. The van der Waals surface area contributed by atoms with Gasteiger partial charge in [-0.25, -0.2) is 4.98 Å². The SMILES string of the molecule is CCC(CC)(CN)Nc1nccn(CC(C)C)c1=O. The molecule has 0 unspecified atom stereocenters. The molecule has 0 aliphatic rings. The molecule has 5 nitrogen and oxygen atoms in total. The Morgan fingerprint density at radius 2 is 2.05 bits per heavy atom. The van der Waals surface area contributed by atoms with Crippen LogP contribution in [0, 0.1) is 5.92 Å². The first-order chi connectivity index (χ1) is 8.98. The Balaban J connectivity index is 3.05. The summed E-state index contributed by atoms with van der Waals surface area (Å²) >= 11 is 0. The quantitative estimate of drug-likeness (QED) is 0.789. The van der Waals surface area contributed by atoms with Gasteiger partial charge in [0.05, 0.1) is 5.54 Å². The standard InChI is InChI=1S/C14H26N4O/c1-5-14(6-2,10-15)17-12-13(19)18(8-7-16-12)9-11(3)4/h7-8,11H,5-6,9-10,15H2,1-4H3,(H,16,17). The molecule has 1 rings (SSSR count). The number of nitrogens with two attached hydrogens (primary N) is 1. The van der Waals surface area contributed by atoms with Gasteiger partial charge in [0.1, 0.15) is 0 Å². The fourth-order valence-electron chi connectivity index (χ4n) is 2.09. The number of hydrogen-bond donors (Lipinski definition) is 2. The molecule has 0 aromatic carbocycles. The Labute approximate surface area is 115 Å². The Morgan fingerprint density at radius 1 is 1.42 bits per heavy atom. The summed E-state index contributed by atoms with van der Waals surface area (Å²) in [5, 5.41) is 3.25. The average molecular weight is 266 g/mol. The third kappa shape index (κ3) is 3.80. The van der Waals surface area contributed by atoms with Gasteiger partial charge in [-0.2, -0.15) is 0 Å². The lowest BCUT2D eigenvalue weighted by atomic mass is 9.93. The zero-order chi connectivity index (χ0) is 14.5. The zero-order valence-electron chi connectivity index (χ0n) is 12.4. The lowest BCUT2D eigenvalue weighted by Gasteiger charge is -2.31. The van der Waals surface area contributed by atoms with E-state index in [9.17, 15) is 4.79 Å². The predicted octanol–water partition coefficient (Wildman–Crippen LogP) is 1.83. The van der Waals surface area contributed by atoms with Crippen molar-refractivity contribution in [1.82, 2.24) is 9.55 Å². The van der Waals surface area contributed by atoms with Crippen LogP contribution in [-0.4, -0.2) is 21.6 Å². The Morgan fingerprint density at radius 3 is 2.53 bits per heavy atom. The number of aromatic nitrogens is 2. The molecule has 0 spiro atoms. The maximum Gasteiger partial charge on any atom is 0.293 e. The topological polar surface area (TPSA) is 72.9 Å². The van der Waals surface area contributed by atoms with Gasteiger partial charge in [-0.15, -0.1) is 0 Å². The molecule has 0 atom stereocenters. The first-order valence-electron chi connectivity index (χ1n) is 7.01. The van der Waals surface area contributed by atoms with Crippen molar-refractivity contribution in [1.29, 1.82) is 0 Å². The van der Waals surface area contributed by atoms with Crippen molar-refractivity contribution in [3.63, 3.8) is 0 Å². The van der Waals surface area contributed by atoms with E-state index >= 15 is 0 Å². The minimum absolute atomic E-state index is 0.0732. The third-order valence-corrected chi connectivity index (χ3v) is 3.60. The molecule has 1 aromatic rings. The van der Waals surface area contributed by atoms with Crippen molar-refractivity contribution in [3.8, 4) is 0 Å². The molecule has 3 N–H and O–H groups in total. The van der Waals surface area contributed by atoms with Gasteiger partial charge in [0.2, 0.25) is 0 Å². The highest BCUT2D eigenvalue weighted by molar-refractivity contribution is 5.35. The molecular weight excluding hydrogens is 240 g/mol. The summed E-state index contributed by atoms with van der Waals surface area (Å²) < 4.78 is 1.70. The third-order valence-electron chi connectivity index (χ3n) is 3.60. The molecule has 0 radical (unpaired) electrons. The zero-order valence-corrected chi connectivity index (χ0v) is 12.4. The smallest absolute Gasteiger partial charge is 0.293 e. The molecule has 19 heavy (non-hydrogen) atoms. The first-order valence-corrected chi connectivity index (χ1v) is 7.01. The fourth-order valence-corrected chi connectivity index (χ4v) is 2.09. The number of rotatable bonds is 7. The molecule has 108 valence electrons. The number of anilines is 1. The minimum atomic E-state index is -0.247. The van der Waals surface area contributed by atoms with E-state index in [1.807, 2.05) is 0 Å². The van der Waals surface area contributed by atoms with E-state index in [-0.39, 0.29) is 11.1 Å². The molecule has 0 aliphatic heterocycles. The second kappa shape index (κ2) is 6.70. The van der Waals surface area contributed by atoms with Gasteiger partial charge in [0.25, 0.3) is 5.56 Å². The van der Waals surface area contributed by atoms with Crippen LogP contribution in [-0.2, 0) is 6.54 Å². The van der Waals surface area contributed by atoms with Gasteiger partial charge in [-0.3, -0.25) is 4.79 Å². The fraction of sp³-hybridized carbons (Fsp3) is 0.714. The van der Waals surface area contributed by atoms with Crippen LogP contribution < -0.4 is 16.6 Å². The molecule has 0 bridgehead atoms. The Bertz CT molecular complexity index is 441. The lowest BCUT2D eigenvalue weighted by Crippen LogP contribution is -2.46. The molecular formula is C14H26N4O. The Hall–Kier alpha value is -1.36. The lowest BCUT2D eigenvalue weighted by molar-refractivity contribution is 0.441. The number of nitrogens with zero attached hydrogens (tertiary/aromatic N) is 2. The number of hydrogen-bond acceptors (Lipinski definition) is 4. The summed E-state index contributed by atoms with van der Waals surface area (Å²) in [6, 6.07) is 0. The van der Waals surface area contributed by atoms with Crippen molar-refractivity contribution in [2.45, 2.75) is 52.6 Å². The van der Waals surface area contributed by atoms with E-state index in [4.69, 9.17) is 5.73 Å². The van der Waals surface area contributed by atoms with Gasteiger partial charge in [-0.05, 0) is 18.8 Å². The first kappa shape index (κ1) is 15.7. The maximum absolute atomic E-state index is 12.3. The van der Waals surface area contributed by atoms with Gasteiger partial charge in [-0.1, -0.05) is 27.7 Å². The Kier molecular flexibility index (Phi) is 5.54. The van der Waals surface area contributed by atoms with E-state index in [1.54, 1.807) is 17.0 Å². The summed E-state index contributed by atoms with van der Waals surface area (Å²) in [7, 11) is 0. The van der Waals surface area contributed by atoms with Crippen molar-refractivity contribution >= 4 is 5.82 Å². The van der Waals surface area contributed by atoms with Gasteiger partial charge >= 0.3 is 0 Å².